The van der Waals surface area contributed by atoms with E-state index in [1.807, 2.05) is 24.3 Å². The van der Waals surface area contributed by atoms with Gasteiger partial charge in [-0.25, -0.2) is 0 Å². The van der Waals surface area contributed by atoms with Crippen LogP contribution in [0.3, 0.4) is 0 Å². The Morgan fingerprint density at radius 1 is 1.08 bits per heavy atom. The first-order valence-electron chi connectivity index (χ1n) is 8.49. The van der Waals surface area contributed by atoms with Crippen LogP contribution >= 0.6 is 0 Å². The molecule has 0 spiro atoms. The minimum atomic E-state index is -0.0773. The Hall–Kier alpha value is -3.16. The van der Waals surface area contributed by atoms with Crippen molar-refractivity contribution < 1.29 is 9.53 Å². The van der Waals surface area contributed by atoms with Crippen molar-refractivity contribution in [1.29, 1.82) is 5.26 Å². The van der Waals surface area contributed by atoms with E-state index in [0.29, 0.717) is 29.0 Å². The van der Waals surface area contributed by atoms with E-state index in [1.165, 1.54) is 0 Å². The predicted octanol–water partition coefficient (Wildman–Crippen LogP) is 3.89. The Morgan fingerprint density at radius 3 is 2.35 bits per heavy atom. The standard InChI is InChI=1S/C22H22N2O2/c1-2-3-14-24-15-4-5-16-26-21-12-10-20(11-13-21)22(25)19-8-6-18(17-23)7-9-19/h2,4-13,24H,1,3,14-16H2. The average molecular weight is 346 g/mol. The fourth-order valence-electron chi connectivity index (χ4n) is 2.25. The molecular weight excluding hydrogens is 324 g/mol. The molecule has 0 aliphatic carbocycles. The molecule has 26 heavy (non-hydrogen) atoms. The van der Waals surface area contributed by atoms with Gasteiger partial charge in [-0.2, -0.15) is 5.26 Å². The molecule has 0 aromatic heterocycles. The number of nitrogens with zero attached hydrogens (tertiary/aromatic N) is 1. The smallest absolute Gasteiger partial charge is 0.193 e. The number of carbonyl (C=O) groups is 1. The van der Waals surface area contributed by atoms with E-state index in [9.17, 15) is 4.79 Å². The number of nitrogens with one attached hydrogen (secondary N) is 1. The minimum absolute atomic E-state index is 0.0773. The van der Waals surface area contributed by atoms with Crippen molar-refractivity contribution in [2.45, 2.75) is 6.42 Å². The van der Waals surface area contributed by atoms with Crippen LogP contribution < -0.4 is 10.1 Å². The fourth-order valence-corrected chi connectivity index (χ4v) is 2.25. The number of hydrogen-bond acceptors (Lipinski definition) is 4. The summed E-state index contributed by atoms with van der Waals surface area (Å²) in [6.45, 7) is 5.87. The number of ketones is 1. The van der Waals surface area contributed by atoms with Gasteiger partial charge in [0.25, 0.3) is 0 Å². The molecule has 1 N–H and O–H groups in total. The van der Waals surface area contributed by atoms with Crippen molar-refractivity contribution in [3.05, 3.63) is 90.0 Å². The molecule has 0 aliphatic rings. The summed E-state index contributed by atoms with van der Waals surface area (Å²) < 4.78 is 5.63. The van der Waals surface area contributed by atoms with Gasteiger partial charge in [0.1, 0.15) is 12.4 Å². The van der Waals surface area contributed by atoms with Crippen molar-refractivity contribution >= 4 is 5.78 Å². The Bertz CT molecular complexity index is 784. The third kappa shape index (κ3) is 6.04. The SMILES string of the molecule is C=CCCNCC=CCOc1ccc(C(=O)c2ccc(C#N)cc2)cc1. The largest absolute Gasteiger partial charge is 0.490 e. The quantitative estimate of drug-likeness (QED) is 0.403. The summed E-state index contributed by atoms with van der Waals surface area (Å²) in [7, 11) is 0. The Balaban J connectivity index is 1.82. The van der Waals surface area contributed by atoms with Gasteiger partial charge in [-0.3, -0.25) is 4.79 Å². The van der Waals surface area contributed by atoms with E-state index in [0.717, 1.165) is 19.5 Å². The van der Waals surface area contributed by atoms with E-state index < -0.39 is 0 Å². The summed E-state index contributed by atoms with van der Waals surface area (Å²) in [5.74, 6) is 0.636. The minimum Gasteiger partial charge on any atom is -0.490 e. The van der Waals surface area contributed by atoms with E-state index in [-0.39, 0.29) is 5.78 Å². The van der Waals surface area contributed by atoms with Crippen LogP contribution in [-0.4, -0.2) is 25.5 Å². The maximum absolute atomic E-state index is 12.4. The maximum atomic E-state index is 12.4. The fraction of sp³-hybridized carbons (Fsp3) is 0.182. The van der Waals surface area contributed by atoms with Crippen LogP contribution in [0.15, 0.2) is 73.3 Å². The van der Waals surface area contributed by atoms with E-state index >= 15 is 0 Å². The molecule has 0 bridgehead atoms. The van der Waals surface area contributed by atoms with Crippen molar-refractivity contribution in [3.63, 3.8) is 0 Å². The summed E-state index contributed by atoms with van der Waals surface area (Å²) in [6, 6.07) is 15.7. The van der Waals surface area contributed by atoms with Gasteiger partial charge in [-0.05, 0) is 61.5 Å². The van der Waals surface area contributed by atoms with Crippen molar-refractivity contribution in [1.82, 2.24) is 5.32 Å². The number of benzene rings is 2. The van der Waals surface area contributed by atoms with Crippen LogP contribution in [0, 0.1) is 11.3 Å². The van der Waals surface area contributed by atoms with E-state index in [4.69, 9.17) is 10.00 Å². The maximum Gasteiger partial charge on any atom is 0.193 e. The first-order chi connectivity index (χ1) is 12.7. The second kappa shape index (κ2) is 10.7. The third-order valence-electron chi connectivity index (χ3n) is 3.69. The molecule has 0 amide bonds. The highest BCUT2D eigenvalue weighted by Gasteiger charge is 2.09. The van der Waals surface area contributed by atoms with Crippen LogP contribution in [0.1, 0.15) is 27.9 Å². The average Bonchev–Trinajstić information content (AvgIpc) is 2.70. The molecule has 2 rings (SSSR count). The lowest BCUT2D eigenvalue weighted by Gasteiger charge is -2.05. The van der Waals surface area contributed by atoms with Gasteiger partial charge in [-0.15, -0.1) is 6.58 Å². The summed E-state index contributed by atoms with van der Waals surface area (Å²) >= 11 is 0. The van der Waals surface area contributed by atoms with Gasteiger partial charge >= 0.3 is 0 Å². The van der Waals surface area contributed by atoms with Gasteiger partial charge in [-0.1, -0.05) is 18.2 Å². The number of carbonyl (C=O) groups excluding carboxylic acids is 1. The van der Waals surface area contributed by atoms with Gasteiger partial charge in [0.05, 0.1) is 11.6 Å². The molecule has 0 radical (unpaired) electrons. The normalized spacial score (nSPS) is 10.4. The highest BCUT2D eigenvalue weighted by Crippen LogP contribution is 2.16. The zero-order valence-corrected chi connectivity index (χ0v) is 14.7. The molecule has 4 nitrogen and oxygen atoms in total. The molecule has 0 aliphatic heterocycles. The molecular formula is C22H22N2O2. The molecule has 0 fully saturated rings. The predicted molar refractivity (Wildman–Crippen MR) is 103 cm³/mol. The first-order valence-corrected chi connectivity index (χ1v) is 8.49. The lowest BCUT2D eigenvalue weighted by atomic mass is 10.0. The Kier molecular flexibility index (Phi) is 7.85. The topological polar surface area (TPSA) is 62.1 Å². The Labute approximate surface area is 154 Å². The second-order valence-corrected chi connectivity index (χ2v) is 5.61. The van der Waals surface area contributed by atoms with Crippen molar-refractivity contribution in [3.8, 4) is 11.8 Å². The molecule has 132 valence electrons. The summed E-state index contributed by atoms with van der Waals surface area (Å²) in [5, 5.41) is 12.1. The van der Waals surface area contributed by atoms with E-state index in [1.54, 1.807) is 48.5 Å². The second-order valence-electron chi connectivity index (χ2n) is 5.61. The zero-order chi connectivity index (χ0) is 18.6. The first kappa shape index (κ1) is 19.2. The third-order valence-corrected chi connectivity index (χ3v) is 3.69. The summed E-state index contributed by atoms with van der Waals surface area (Å²) in [5.41, 5.74) is 1.68. The molecule has 0 atom stereocenters. The molecule has 0 saturated heterocycles. The molecule has 0 saturated carbocycles. The van der Waals surface area contributed by atoms with Gasteiger partial charge in [0, 0.05) is 17.7 Å². The summed E-state index contributed by atoms with van der Waals surface area (Å²) in [4.78, 5) is 12.4. The van der Waals surface area contributed by atoms with Gasteiger partial charge in [0.15, 0.2) is 5.78 Å². The number of nitriles is 1. The van der Waals surface area contributed by atoms with Crippen LogP contribution in [0.2, 0.25) is 0 Å². The lowest BCUT2D eigenvalue weighted by molar-refractivity contribution is 0.103. The van der Waals surface area contributed by atoms with E-state index in [2.05, 4.69) is 11.9 Å². The molecule has 0 unspecified atom stereocenters. The number of hydrogen-bond donors (Lipinski definition) is 1. The molecule has 0 heterocycles. The van der Waals surface area contributed by atoms with Crippen LogP contribution in [0.25, 0.3) is 0 Å². The highest BCUT2D eigenvalue weighted by molar-refractivity contribution is 6.09. The molecule has 4 heteroatoms. The van der Waals surface area contributed by atoms with Crippen LogP contribution in [0.4, 0.5) is 0 Å². The highest BCUT2D eigenvalue weighted by atomic mass is 16.5. The monoisotopic (exact) mass is 346 g/mol. The van der Waals surface area contributed by atoms with Crippen LogP contribution in [-0.2, 0) is 0 Å². The zero-order valence-electron chi connectivity index (χ0n) is 14.7. The van der Waals surface area contributed by atoms with Gasteiger partial charge < -0.3 is 10.1 Å². The number of ether oxygens (including phenoxy) is 1. The number of rotatable bonds is 10. The lowest BCUT2D eigenvalue weighted by Crippen LogP contribution is -2.14. The van der Waals surface area contributed by atoms with Gasteiger partial charge in [0.2, 0.25) is 0 Å². The van der Waals surface area contributed by atoms with Crippen molar-refractivity contribution in [2.24, 2.45) is 0 Å². The van der Waals surface area contributed by atoms with Crippen molar-refractivity contribution in [2.75, 3.05) is 19.7 Å². The van der Waals surface area contributed by atoms with Crippen LogP contribution in [0.5, 0.6) is 5.75 Å². The summed E-state index contributed by atoms with van der Waals surface area (Å²) in [6.07, 6.45) is 6.82. The molecule has 2 aromatic rings. The molecule has 2 aromatic carbocycles. The Morgan fingerprint density at radius 2 is 1.73 bits per heavy atom.